The number of carbonyl (C=O) groups excluding carboxylic acids is 2. The number of ketones is 1. The third-order valence-corrected chi connectivity index (χ3v) is 4.35. The molecule has 24 heavy (non-hydrogen) atoms. The maximum absolute atomic E-state index is 12.5. The third-order valence-electron chi connectivity index (χ3n) is 4.35. The summed E-state index contributed by atoms with van der Waals surface area (Å²) < 4.78 is 1.87. The molecule has 4 heteroatoms. The zero-order chi connectivity index (χ0) is 17.3. The molecule has 0 saturated heterocycles. The van der Waals surface area contributed by atoms with Crippen LogP contribution in [0.2, 0.25) is 0 Å². The van der Waals surface area contributed by atoms with Crippen LogP contribution in [0.25, 0.3) is 10.9 Å². The van der Waals surface area contributed by atoms with Crippen molar-refractivity contribution in [2.75, 3.05) is 0 Å². The molecule has 0 N–H and O–H groups in total. The number of para-hydroxylation sites is 1. The van der Waals surface area contributed by atoms with E-state index in [9.17, 15) is 14.7 Å². The molecule has 122 valence electrons. The average Bonchev–Trinajstić information content (AvgIpc) is 2.90. The normalized spacial score (nSPS) is 12.2. The van der Waals surface area contributed by atoms with Crippen molar-refractivity contribution in [2.45, 2.75) is 19.3 Å². The molecule has 0 spiro atoms. The van der Waals surface area contributed by atoms with Gasteiger partial charge in [-0.25, -0.2) is 0 Å². The summed E-state index contributed by atoms with van der Waals surface area (Å²) >= 11 is 0. The van der Waals surface area contributed by atoms with Gasteiger partial charge in [0.1, 0.15) is 0 Å². The molecule has 0 bridgehead atoms. The number of fused-ring (bicyclic) bond motifs is 1. The van der Waals surface area contributed by atoms with Crippen LogP contribution in [-0.2, 0) is 11.8 Å². The summed E-state index contributed by atoms with van der Waals surface area (Å²) in [6.45, 7) is 1.94. The second kappa shape index (κ2) is 6.32. The molecular formula is C20H18NO3-. The van der Waals surface area contributed by atoms with Crippen molar-refractivity contribution in [2.24, 2.45) is 7.05 Å². The number of nitrogens with zero attached hydrogens (tertiary/aromatic N) is 1. The molecule has 0 radical (unpaired) electrons. The Bertz CT molecular complexity index is 906. The molecule has 0 aliphatic heterocycles. The van der Waals surface area contributed by atoms with Gasteiger partial charge in [-0.1, -0.05) is 48.0 Å². The van der Waals surface area contributed by atoms with Gasteiger partial charge in [-0.2, -0.15) is 0 Å². The Hall–Kier alpha value is -2.88. The van der Waals surface area contributed by atoms with E-state index < -0.39 is 11.9 Å². The predicted octanol–water partition coefficient (Wildman–Crippen LogP) is 2.59. The molecule has 0 fully saturated rings. The summed E-state index contributed by atoms with van der Waals surface area (Å²) in [4.78, 5) is 24.2. The number of carboxylic acid groups (broad SMARTS) is 1. The molecule has 2 aromatic carbocycles. The lowest BCUT2D eigenvalue weighted by atomic mass is 9.91. The summed E-state index contributed by atoms with van der Waals surface area (Å²) in [7, 11) is 1.86. The van der Waals surface area contributed by atoms with Gasteiger partial charge in [-0.05, 0) is 18.6 Å². The Morgan fingerprint density at radius 3 is 2.42 bits per heavy atom. The average molecular weight is 320 g/mol. The number of hydrogen-bond donors (Lipinski definition) is 0. The highest BCUT2D eigenvalue weighted by molar-refractivity contribution is 6.00. The van der Waals surface area contributed by atoms with Crippen LogP contribution in [0.4, 0.5) is 0 Å². The molecular weight excluding hydrogens is 302 g/mol. The first kappa shape index (κ1) is 16.0. The smallest absolute Gasteiger partial charge is 0.163 e. The molecule has 3 rings (SSSR count). The van der Waals surface area contributed by atoms with Crippen molar-refractivity contribution in [3.05, 3.63) is 71.4 Å². The van der Waals surface area contributed by atoms with E-state index in [1.807, 2.05) is 54.9 Å². The number of Topliss-reactive ketones (excluding diaryl/α,β-unsaturated/α-hetero) is 1. The van der Waals surface area contributed by atoms with Gasteiger partial charge in [0.25, 0.3) is 0 Å². The Morgan fingerprint density at radius 1 is 1.08 bits per heavy atom. The predicted molar refractivity (Wildman–Crippen MR) is 90.8 cm³/mol. The van der Waals surface area contributed by atoms with E-state index in [2.05, 4.69) is 0 Å². The molecule has 0 saturated carbocycles. The number of aliphatic carboxylic acids is 1. The van der Waals surface area contributed by atoms with Crippen LogP contribution >= 0.6 is 0 Å². The minimum absolute atomic E-state index is 0.112. The Balaban J connectivity index is 1.96. The van der Waals surface area contributed by atoms with E-state index in [-0.39, 0.29) is 12.2 Å². The fourth-order valence-corrected chi connectivity index (χ4v) is 3.01. The fourth-order valence-electron chi connectivity index (χ4n) is 3.01. The Kier molecular flexibility index (Phi) is 4.21. The standard InChI is InChI=1S/C20H19NO3/c1-13-7-9-14(10-8-13)19(22)11-16(20(23)24)17-12-21(2)18-6-4-3-5-15(17)18/h3-10,12,16H,11H2,1-2H3,(H,23,24)/p-1. The van der Waals surface area contributed by atoms with Crippen LogP contribution in [-0.4, -0.2) is 16.3 Å². The van der Waals surface area contributed by atoms with E-state index in [4.69, 9.17) is 0 Å². The van der Waals surface area contributed by atoms with Gasteiger partial charge in [-0.15, -0.1) is 0 Å². The molecule has 1 atom stereocenters. The van der Waals surface area contributed by atoms with Crippen molar-refractivity contribution in [1.82, 2.24) is 4.57 Å². The first-order valence-electron chi connectivity index (χ1n) is 7.82. The second-order valence-corrected chi connectivity index (χ2v) is 6.08. The summed E-state index contributed by atoms with van der Waals surface area (Å²) in [6.07, 6.45) is 1.66. The summed E-state index contributed by atoms with van der Waals surface area (Å²) in [5.74, 6) is -2.39. The zero-order valence-electron chi connectivity index (χ0n) is 13.7. The SMILES string of the molecule is Cc1ccc(C(=O)CC(C(=O)[O-])c2cn(C)c3ccccc23)cc1. The molecule has 0 aliphatic carbocycles. The molecule has 1 unspecified atom stereocenters. The highest BCUT2D eigenvalue weighted by Crippen LogP contribution is 2.30. The van der Waals surface area contributed by atoms with E-state index in [0.29, 0.717) is 11.1 Å². The molecule has 1 heterocycles. The van der Waals surface area contributed by atoms with Crippen LogP contribution in [0.1, 0.15) is 33.8 Å². The molecule has 3 aromatic rings. The highest BCUT2D eigenvalue weighted by atomic mass is 16.4. The van der Waals surface area contributed by atoms with E-state index in [1.165, 1.54) is 0 Å². The van der Waals surface area contributed by atoms with Crippen LogP contribution < -0.4 is 5.11 Å². The zero-order valence-corrected chi connectivity index (χ0v) is 13.7. The second-order valence-electron chi connectivity index (χ2n) is 6.08. The van der Waals surface area contributed by atoms with Crippen LogP contribution in [0.3, 0.4) is 0 Å². The number of hydrogen-bond acceptors (Lipinski definition) is 3. The topological polar surface area (TPSA) is 62.1 Å². The largest absolute Gasteiger partial charge is 0.549 e. The maximum Gasteiger partial charge on any atom is 0.163 e. The van der Waals surface area contributed by atoms with Crippen LogP contribution in [0.5, 0.6) is 0 Å². The quantitative estimate of drug-likeness (QED) is 0.679. The van der Waals surface area contributed by atoms with Gasteiger partial charge in [0, 0.05) is 48.0 Å². The van der Waals surface area contributed by atoms with Crippen molar-refractivity contribution >= 4 is 22.7 Å². The lowest BCUT2D eigenvalue weighted by Gasteiger charge is -2.17. The Labute approximate surface area is 140 Å². The van der Waals surface area contributed by atoms with E-state index in [1.54, 1.807) is 18.3 Å². The fraction of sp³-hybridized carbons (Fsp3) is 0.200. The highest BCUT2D eigenvalue weighted by Gasteiger charge is 2.22. The third kappa shape index (κ3) is 2.95. The molecule has 1 aromatic heterocycles. The molecule has 0 amide bonds. The van der Waals surface area contributed by atoms with Gasteiger partial charge in [0.15, 0.2) is 5.78 Å². The first-order valence-corrected chi connectivity index (χ1v) is 7.82. The molecule has 0 aliphatic rings. The number of aromatic nitrogens is 1. The van der Waals surface area contributed by atoms with Crippen molar-refractivity contribution in [3.63, 3.8) is 0 Å². The minimum Gasteiger partial charge on any atom is -0.549 e. The van der Waals surface area contributed by atoms with E-state index in [0.717, 1.165) is 16.5 Å². The van der Waals surface area contributed by atoms with Gasteiger partial charge < -0.3 is 14.5 Å². The van der Waals surface area contributed by atoms with Crippen molar-refractivity contribution in [1.29, 1.82) is 0 Å². The van der Waals surface area contributed by atoms with Crippen LogP contribution in [0, 0.1) is 6.92 Å². The van der Waals surface area contributed by atoms with Crippen LogP contribution in [0.15, 0.2) is 54.7 Å². The van der Waals surface area contributed by atoms with Gasteiger partial charge in [-0.3, -0.25) is 4.79 Å². The van der Waals surface area contributed by atoms with E-state index >= 15 is 0 Å². The number of carboxylic acids is 1. The lowest BCUT2D eigenvalue weighted by Crippen LogP contribution is -2.31. The number of benzene rings is 2. The number of rotatable bonds is 5. The van der Waals surface area contributed by atoms with Crippen molar-refractivity contribution < 1.29 is 14.7 Å². The summed E-state index contributed by atoms with van der Waals surface area (Å²) in [5.41, 5.74) is 3.12. The molecule has 4 nitrogen and oxygen atoms in total. The monoisotopic (exact) mass is 320 g/mol. The minimum atomic E-state index is -1.23. The lowest BCUT2D eigenvalue weighted by molar-refractivity contribution is -0.307. The number of aryl methyl sites for hydroxylation is 2. The first-order chi connectivity index (χ1) is 11.5. The Morgan fingerprint density at radius 2 is 1.75 bits per heavy atom. The maximum atomic E-state index is 12.5. The summed E-state index contributed by atoms with van der Waals surface area (Å²) in [5, 5.41) is 12.5. The van der Waals surface area contributed by atoms with Gasteiger partial charge >= 0.3 is 0 Å². The van der Waals surface area contributed by atoms with Gasteiger partial charge in [0.2, 0.25) is 0 Å². The van der Waals surface area contributed by atoms with Gasteiger partial charge in [0.05, 0.1) is 0 Å². The summed E-state index contributed by atoms with van der Waals surface area (Å²) in [6, 6.07) is 14.7. The van der Waals surface area contributed by atoms with Crippen molar-refractivity contribution in [3.8, 4) is 0 Å². The number of carbonyl (C=O) groups is 2.